The van der Waals surface area contributed by atoms with Crippen LogP contribution in [0.25, 0.3) is 0 Å². The number of nitrogens with one attached hydrogen (secondary N) is 1. The summed E-state index contributed by atoms with van der Waals surface area (Å²) >= 11 is 0. The van der Waals surface area contributed by atoms with Crippen molar-refractivity contribution in [3.8, 4) is 0 Å². The minimum Gasteiger partial charge on any atom is -0.397 e. The van der Waals surface area contributed by atoms with Crippen molar-refractivity contribution in [1.82, 2.24) is 4.98 Å². The normalized spacial score (nSPS) is 24.5. The Hall–Kier alpha value is -1.25. The molecule has 94 valence electrons. The summed E-state index contributed by atoms with van der Waals surface area (Å²) in [7, 11) is 0. The van der Waals surface area contributed by atoms with Gasteiger partial charge in [0.05, 0.1) is 17.6 Å². The van der Waals surface area contributed by atoms with E-state index in [2.05, 4.69) is 17.2 Å². The number of nitrogens with zero attached hydrogens (tertiary/aromatic N) is 1. The highest BCUT2D eigenvalue weighted by molar-refractivity contribution is 5.51. The molecule has 0 aromatic carbocycles. The van der Waals surface area contributed by atoms with Crippen molar-refractivity contribution in [1.29, 1.82) is 0 Å². The molecule has 3 N–H and O–H groups in total. The number of nitrogen functional groups attached to an aromatic ring is 1. The lowest BCUT2D eigenvalue weighted by Gasteiger charge is -2.26. The third-order valence-corrected chi connectivity index (χ3v) is 3.78. The molecule has 0 saturated heterocycles. The Labute approximate surface area is 104 Å². The topological polar surface area (TPSA) is 50.9 Å². The molecular weight excluding hydrogens is 210 g/mol. The standard InChI is InChI=1S/C14H23N3/c1-11-2-4-12(5-3-11)6-7-17-14-8-13(15)9-16-10-14/h8-12,17H,2-7,15H2,1H3. The van der Waals surface area contributed by atoms with E-state index in [0.29, 0.717) is 0 Å². The molecule has 1 fully saturated rings. The van der Waals surface area contributed by atoms with Crippen LogP contribution in [0.15, 0.2) is 18.5 Å². The van der Waals surface area contributed by atoms with Crippen LogP contribution in [0, 0.1) is 11.8 Å². The molecule has 0 unspecified atom stereocenters. The van der Waals surface area contributed by atoms with E-state index < -0.39 is 0 Å². The first-order valence-corrected chi connectivity index (χ1v) is 6.68. The zero-order valence-corrected chi connectivity index (χ0v) is 10.7. The van der Waals surface area contributed by atoms with E-state index in [9.17, 15) is 0 Å². The number of rotatable bonds is 4. The van der Waals surface area contributed by atoms with Crippen LogP contribution in [-0.4, -0.2) is 11.5 Å². The molecule has 1 heterocycles. The van der Waals surface area contributed by atoms with Gasteiger partial charge in [0.25, 0.3) is 0 Å². The molecule has 3 heteroatoms. The molecule has 1 aliphatic rings. The Balaban J connectivity index is 1.69. The quantitative estimate of drug-likeness (QED) is 0.839. The molecule has 0 bridgehead atoms. The third kappa shape index (κ3) is 3.91. The summed E-state index contributed by atoms with van der Waals surface area (Å²) in [6.07, 6.45) is 10.4. The molecular formula is C14H23N3. The van der Waals surface area contributed by atoms with Crippen molar-refractivity contribution >= 4 is 11.4 Å². The second-order valence-corrected chi connectivity index (χ2v) is 5.35. The molecule has 0 aliphatic heterocycles. The molecule has 0 atom stereocenters. The lowest BCUT2D eigenvalue weighted by atomic mass is 9.81. The summed E-state index contributed by atoms with van der Waals surface area (Å²) in [6, 6.07) is 1.94. The predicted molar refractivity (Wildman–Crippen MR) is 72.9 cm³/mol. The zero-order valence-electron chi connectivity index (χ0n) is 10.7. The van der Waals surface area contributed by atoms with Gasteiger partial charge in [0, 0.05) is 12.7 Å². The van der Waals surface area contributed by atoms with Crippen LogP contribution >= 0.6 is 0 Å². The van der Waals surface area contributed by atoms with Crippen molar-refractivity contribution < 1.29 is 0 Å². The van der Waals surface area contributed by atoms with Gasteiger partial charge in [-0.1, -0.05) is 32.6 Å². The van der Waals surface area contributed by atoms with Gasteiger partial charge < -0.3 is 11.1 Å². The number of hydrogen-bond donors (Lipinski definition) is 2. The summed E-state index contributed by atoms with van der Waals surface area (Å²) < 4.78 is 0. The van der Waals surface area contributed by atoms with Crippen LogP contribution in [0.3, 0.4) is 0 Å². The SMILES string of the molecule is CC1CCC(CCNc2cncc(N)c2)CC1. The Morgan fingerprint density at radius 2 is 2.06 bits per heavy atom. The first-order chi connectivity index (χ1) is 8.24. The van der Waals surface area contributed by atoms with E-state index in [1.54, 1.807) is 6.20 Å². The number of hydrogen-bond acceptors (Lipinski definition) is 3. The number of pyridine rings is 1. The van der Waals surface area contributed by atoms with E-state index in [0.717, 1.165) is 29.8 Å². The summed E-state index contributed by atoms with van der Waals surface area (Å²) in [5.41, 5.74) is 7.45. The van der Waals surface area contributed by atoms with E-state index >= 15 is 0 Å². The van der Waals surface area contributed by atoms with Crippen LogP contribution in [0.1, 0.15) is 39.0 Å². The van der Waals surface area contributed by atoms with Gasteiger partial charge in [0.2, 0.25) is 0 Å². The fourth-order valence-corrected chi connectivity index (χ4v) is 2.59. The van der Waals surface area contributed by atoms with Crippen molar-refractivity contribution in [3.05, 3.63) is 18.5 Å². The van der Waals surface area contributed by atoms with Crippen molar-refractivity contribution in [2.75, 3.05) is 17.6 Å². The Bertz CT molecular complexity index is 343. The minimum absolute atomic E-state index is 0.724. The number of nitrogens with two attached hydrogens (primary N) is 1. The fourth-order valence-electron chi connectivity index (χ4n) is 2.59. The van der Waals surface area contributed by atoms with Crippen LogP contribution < -0.4 is 11.1 Å². The van der Waals surface area contributed by atoms with Gasteiger partial charge in [-0.25, -0.2) is 0 Å². The Morgan fingerprint density at radius 3 is 2.76 bits per heavy atom. The molecule has 1 aromatic rings. The molecule has 3 nitrogen and oxygen atoms in total. The van der Waals surface area contributed by atoms with Crippen molar-refractivity contribution in [2.24, 2.45) is 11.8 Å². The average Bonchev–Trinajstić information content (AvgIpc) is 2.32. The summed E-state index contributed by atoms with van der Waals surface area (Å²) in [6.45, 7) is 3.40. The van der Waals surface area contributed by atoms with Crippen LogP contribution in [-0.2, 0) is 0 Å². The monoisotopic (exact) mass is 233 g/mol. The third-order valence-electron chi connectivity index (χ3n) is 3.78. The number of anilines is 2. The summed E-state index contributed by atoms with van der Waals surface area (Å²) in [4.78, 5) is 4.07. The van der Waals surface area contributed by atoms with Crippen LogP contribution in [0.2, 0.25) is 0 Å². The fraction of sp³-hybridized carbons (Fsp3) is 0.643. The highest BCUT2D eigenvalue weighted by Crippen LogP contribution is 2.30. The molecule has 17 heavy (non-hydrogen) atoms. The minimum atomic E-state index is 0.724. The van der Waals surface area contributed by atoms with E-state index in [1.165, 1.54) is 32.1 Å². The molecule has 0 radical (unpaired) electrons. The van der Waals surface area contributed by atoms with Crippen LogP contribution in [0.5, 0.6) is 0 Å². The van der Waals surface area contributed by atoms with Gasteiger partial charge in [-0.3, -0.25) is 4.98 Å². The first kappa shape index (κ1) is 12.2. The average molecular weight is 233 g/mol. The summed E-state index contributed by atoms with van der Waals surface area (Å²) in [5.74, 6) is 1.85. The molecule has 1 saturated carbocycles. The molecule has 0 spiro atoms. The largest absolute Gasteiger partial charge is 0.397 e. The highest BCUT2D eigenvalue weighted by atomic mass is 14.9. The highest BCUT2D eigenvalue weighted by Gasteiger charge is 2.17. The van der Waals surface area contributed by atoms with Crippen LogP contribution in [0.4, 0.5) is 11.4 Å². The maximum atomic E-state index is 5.69. The predicted octanol–water partition coefficient (Wildman–Crippen LogP) is 3.29. The van der Waals surface area contributed by atoms with Gasteiger partial charge in [-0.2, -0.15) is 0 Å². The van der Waals surface area contributed by atoms with Gasteiger partial charge in [0.15, 0.2) is 0 Å². The maximum Gasteiger partial charge on any atom is 0.0547 e. The molecule has 1 aliphatic carbocycles. The van der Waals surface area contributed by atoms with E-state index in [-0.39, 0.29) is 0 Å². The van der Waals surface area contributed by atoms with E-state index in [4.69, 9.17) is 5.73 Å². The van der Waals surface area contributed by atoms with Gasteiger partial charge >= 0.3 is 0 Å². The number of aromatic nitrogens is 1. The smallest absolute Gasteiger partial charge is 0.0547 e. The molecule has 1 aromatic heterocycles. The van der Waals surface area contributed by atoms with E-state index in [1.807, 2.05) is 12.3 Å². The summed E-state index contributed by atoms with van der Waals surface area (Å²) in [5, 5.41) is 3.40. The lowest BCUT2D eigenvalue weighted by molar-refractivity contribution is 0.282. The Kier molecular flexibility index (Phi) is 4.24. The van der Waals surface area contributed by atoms with Crippen molar-refractivity contribution in [3.63, 3.8) is 0 Å². The Morgan fingerprint density at radius 1 is 1.29 bits per heavy atom. The second-order valence-electron chi connectivity index (χ2n) is 5.35. The zero-order chi connectivity index (χ0) is 12.1. The van der Waals surface area contributed by atoms with Gasteiger partial charge in [-0.05, 0) is 24.3 Å². The first-order valence-electron chi connectivity index (χ1n) is 6.68. The molecule has 2 rings (SSSR count). The maximum absolute atomic E-state index is 5.69. The van der Waals surface area contributed by atoms with Crippen molar-refractivity contribution in [2.45, 2.75) is 39.0 Å². The lowest BCUT2D eigenvalue weighted by Crippen LogP contribution is -2.15. The molecule has 0 amide bonds. The van der Waals surface area contributed by atoms with Gasteiger partial charge in [0.1, 0.15) is 0 Å². The second kappa shape index (κ2) is 5.89. The van der Waals surface area contributed by atoms with Gasteiger partial charge in [-0.15, -0.1) is 0 Å².